The number of H-pyrrole nitrogens is 1. The fourth-order valence-corrected chi connectivity index (χ4v) is 4.09. The quantitative estimate of drug-likeness (QED) is 0.387. The van der Waals surface area contributed by atoms with Crippen molar-refractivity contribution in [3.8, 4) is 22.3 Å². The van der Waals surface area contributed by atoms with Gasteiger partial charge in [0.1, 0.15) is 17.3 Å². The highest BCUT2D eigenvalue weighted by molar-refractivity contribution is 7.13. The van der Waals surface area contributed by atoms with Gasteiger partial charge in [0.05, 0.1) is 12.0 Å². The molecule has 0 fully saturated rings. The van der Waals surface area contributed by atoms with E-state index in [1.165, 1.54) is 10.7 Å². The fourth-order valence-electron chi connectivity index (χ4n) is 3.41. The maximum Gasteiger partial charge on any atom is 0.252 e. The lowest BCUT2D eigenvalue weighted by Gasteiger charge is -2.09. The van der Waals surface area contributed by atoms with E-state index in [1.54, 1.807) is 24.5 Å². The highest BCUT2D eigenvalue weighted by Gasteiger charge is 2.16. The lowest BCUT2D eigenvalue weighted by Crippen LogP contribution is -2.19. The van der Waals surface area contributed by atoms with E-state index >= 15 is 0 Å². The smallest absolute Gasteiger partial charge is 0.252 e. The summed E-state index contributed by atoms with van der Waals surface area (Å²) >= 11 is 1.55. The number of ether oxygens (including phenoxy) is 1. The Bertz CT molecular complexity index is 1280. The van der Waals surface area contributed by atoms with E-state index in [0.717, 1.165) is 22.6 Å². The zero-order chi connectivity index (χ0) is 23.2. The Labute approximate surface area is 195 Å². The van der Waals surface area contributed by atoms with Crippen LogP contribution in [0, 0.1) is 0 Å². The Morgan fingerprint density at radius 1 is 1.18 bits per heavy atom. The van der Waals surface area contributed by atoms with Crippen molar-refractivity contribution in [2.75, 3.05) is 12.4 Å². The molecule has 4 aromatic rings. The molecule has 0 spiro atoms. The van der Waals surface area contributed by atoms with E-state index in [-0.39, 0.29) is 17.4 Å². The van der Waals surface area contributed by atoms with Gasteiger partial charge in [-0.15, -0.1) is 11.3 Å². The Morgan fingerprint density at radius 3 is 2.70 bits per heavy atom. The summed E-state index contributed by atoms with van der Waals surface area (Å²) in [4.78, 5) is 33.2. The van der Waals surface area contributed by atoms with Crippen molar-refractivity contribution in [3.63, 3.8) is 0 Å². The second-order valence-electron chi connectivity index (χ2n) is 7.51. The third kappa shape index (κ3) is 5.56. The first-order valence-corrected chi connectivity index (χ1v) is 11.6. The van der Waals surface area contributed by atoms with Crippen LogP contribution >= 0.6 is 11.3 Å². The summed E-state index contributed by atoms with van der Waals surface area (Å²) in [6, 6.07) is 14.8. The number of hydrogen-bond acceptors (Lipinski definition) is 6. The van der Waals surface area contributed by atoms with Gasteiger partial charge in [0.15, 0.2) is 0 Å². The van der Waals surface area contributed by atoms with Crippen LogP contribution in [-0.2, 0) is 17.6 Å². The zero-order valence-corrected chi connectivity index (χ0v) is 19.3. The number of benzene rings is 1. The van der Waals surface area contributed by atoms with Crippen LogP contribution in [0.2, 0.25) is 0 Å². The highest BCUT2D eigenvalue weighted by Crippen LogP contribution is 2.27. The van der Waals surface area contributed by atoms with Gasteiger partial charge in [-0.3, -0.25) is 14.6 Å². The minimum Gasteiger partial charge on any atom is -0.497 e. The predicted molar refractivity (Wildman–Crippen MR) is 129 cm³/mol. The lowest BCUT2D eigenvalue weighted by atomic mass is 10.1. The minimum absolute atomic E-state index is 0.156. The highest BCUT2D eigenvalue weighted by atomic mass is 32.1. The SMILES string of the molecule is CCCc1cc(=O)[nH]c(-n2nc(-c3cccs3)cc2NC(=O)CCc2ccc(OC)cc2)n1. The predicted octanol–water partition coefficient (Wildman–Crippen LogP) is 4.22. The molecule has 0 aliphatic rings. The van der Waals surface area contributed by atoms with Gasteiger partial charge in [-0.1, -0.05) is 31.5 Å². The summed E-state index contributed by atoms with van der Waals surface area (Å²) in [5, 5.41) is 9.52. The molecule has 0 aliphatic carbocycles. The van der Waals surface area contributed by atoms with Crippen LogP contribution in [-0.4, -0.2) is 32.8 Å². The number of nitrogens with zero attached hydrogens (tertiary/aromatic N) is 3. The maximum atomic E-state index is 12.8. The minimum atomic E-state index is -0.256. The molecule has 170 valence electrons. The number of rotatable bonds is 9. The van der Waals surface area contributed by atoms with Gasteiger partial charge < -0.3 is 10.1 Å². The van der Waals surface area contributed by atoms with E-state index in [2.05, 4.69) is 20.4 Å². The second kappa shape index (κ2) is 10.3. The standard InChI is InChI=1S/C24H25N5O3S/c1-3-5-17-14-23(31)27-24(25-17)29-21(15-19(28-29)20-6-4-13-33-20)26-22(30)12-9-16-7-10-18(32-2)11-8-16/h4,6-8,10-11,13-15H,3,5,9,12H2,1-2H3,(H,26,30)(H,25,27,31). The number of methoxy groups -OCH3 is 1. The first-order chi connectivity index (χ1) is 16.1. The molecule has 0 saturated carbocycles. The number of hydrogen-bond donors (Lipinski definition) is 2. The molecule has 0 atom stereocenters. The molecule has 3 aromatic heterocycles. The Kier molecular flexibility index (Phi) is 6.99. The van der Waals surface area contributed by atoms with Crippen LogP contribution in [0.5, 0.6) is 5.75 Å². The number of aromatic amines is 1. The summed E-state index contributed by atoms with van der Waals surface area (Å²) in [6.07, 6.45) is 2.43. The average Bonchev–Trinajstić information content (AvgIpc) is 3.48. The van der Waals surface area contributed by atoms with Gasteiger partial charge in [-0.2, -0.15) is 9.78 Å². The molecule has 2 N–H and O–H groups in total. The molecule has 3 heterocycles. The molecular formula is C24H25N5O3S. The molecule has 1 aromatic carbocycles. The van der Waals surface area contributed by atoms with Crippen molar-refractivity contribution in [3.05, 3.63) is 75.5 Å². The van der Waals surface area contributed by atoms with E-state index < -0.39 is 0 Å². The summed E-state index contributed by atoms with van der Waals surface area (Å²) in [6.45, 7) is 2.03. The van der Waals surface area contributed by atoms with E-state index in [1.807, 2.05) is 48.7 Å². The zero-order valence-electron chi connectivity index (χ0n) is 18.5. The van der Waals surface area contributed by atoms with E-state index in [0.29, 0.717) is 36.5 Å². The topological polar surface area (TPSA) is 102 Å². The molecule has 4 rings (SSSR count). The molecule has 0 saturated heterocycles. The normalized spacial score (nSPS) is 10.8. The van der Waals surface area contributed by atoms with Crippen molar-refractivity contribution in [1.29, 1.82) is 0 Å². The number of anilines is 1. The third-order valence-corrected chi connectivity index (χ3v) is 5.93. The Hall–Kier alpha value is -3.72. The molecule has 33 heavy (non-hydrogen) atoms. The monoisotopic (exact) mass is 463 g/mol. The number of nitrogens with one attached hydrogen (secondary N) is 2. The number of aryl methyl sites for hydroxylation is 2. The number of aromatic nitrogens is 4. The van der Waals surface area contributed by atoms with Gasteiger partial charge in [0.2, 0.25) is 11.9 Å². The lowest BCUT2D eigenvalue weighted by molar-refractivity contribution is -0.116. The van der Waals surface area contributed by atoms with Crippen LogP contribution in [0.4, 0.5) is 5.82 Å². The second-order valence-corrected chi connectivity index (χ2v) is 8.46. The van der Waals surface area contributed by atoms with Crippen LogP contribution in [0.3, 0.4) is 0 Å². The van der Waals surface area contributed by atoms with Crippen molar-refractivity contribution in [2.45, 2.75) is 32.6 Å². The Balaban J connectivity index is 1.58. The van der Waals surface area contributed by atoms with Gasteiger partial charge in [-0.25, -0.2) is 4.98 Å². The summed E-state index contributed by atoms with van der Waals surface area (Å²) < 4.78 is 6.66. The van der Waals surface area contributed by atoms with E-state index in [4.69, 9.17) is 4.74 Å². The van der Waals surface area contributed by atoms with Crippen LogP contribution in [0.1, 0.15) is 31.0 Å². The number of thiophene rings is 1. The van der Waals surface area contributed by atoms with Crippen LogP contribution in [0.25, 0.3) is 16.5 Å². The van der Waals surface area contributed by atoms with Gasteiger partial charge in [0, 0.05) is 24.2 Å². The van der Waals surface area contributed by atoms with Gasteiger partial charge >= 0.3 is 0 Å². The largest absolute Gasteiger partial charge is 0.497 e. The van der Waals surface area contributed by atoms with Crippen molar-refractivity contribution in [1.82, 2.24) is 19.7 Å². The molecule has 9 heteroatoms. The van der Waals surface area contributed by atoms with E-state index in [9.17, 15) is 9.59 Å². The molecule has 0 unspecified atom stereocenters. The summed E-state index contributed by atoms with van der Waals surface area (Å²) in [5.74, 6) is 1.35. The molecule has 1 amide bonds. The van der Waals surface area contributed by atoms with Crippen LogP contribution < -0.4 is 15.6 Å². The van der Waals surface area contributed by atoms with Gasteiger partial charge in [0.25, 0.3) is 5.56 Å². The van der Waals surface area contributed by atoms with Crippen molar-refractivity contribution in [2.24, 2.45) is 0 Å². The fraction of sp³-hybridized carbons (Fsp3) is 0.250. The van der Waals surface area contributed by atoms with Crippen molar-refractivity contribution < 1.29 is 9.53 Å². The van der Waals surface area contributed by atoms with Gasteiger partial charge in [-0.05, 0) is 42.0 Å². The summed E-state index contributed by atoms with van der Waals surface area (Å²) in [5.41, 5.74) is 2.16. The Morgan fingerprint density at radius 2 is 2.00 bits per heavy atom. The number of amides is 1. The first-order valence-electron chi connectivity index (χ1n) is 10.7. The van der Waals surface area contributed by atoms with Crippen LogP contribution in [0.15, 0.2) is 58.7 Å². The molecule has 0 aliphatic heterocycles. The molecule has 0 radical (unpaired) electrons. The maximum absolute atomic E-state index is 12.8. The molecule has 0 bridgehead atoms. The van der Waals surface area contributed by atoms with Crippen molar-refractivity contribution >= 4 is 23.1 Å². The third-order valence-electron chi connectivity index (χ3n) is 5.04. The summed E-state index contributed by atoms with van der Waals surface area (Å²) in [7, 11) is 1.62. The average molecular weight is 464 g/mol. The first kappa shape index (κ1) is 22.5. The number of carbonyl (C=O) groups is 1. The number of carbonyl (C=O) groups excluding carboxylic acids is 1. The molecule has 8 nitrogen and oxygen atoms in total. The molecular weight excluding hydrogens is 438 g/mol.